The van der Waals surface area contributed by atoms with Gasteiger partial charge in [-0.05, 0) is 29.3 Å². The Morgan fingerprint density at radius 2 is 1.82 bits per heavy atom. The van der Waals surface area contributed by atoms with Gasteiger partial charge in [-0.2, -0.15) is 0 Å². The molecule has 0 saturated carbocycles. The van der Waals surface area contributed by atoms with Crippen molar-refractivity contribution in [2.24, 2.45) is 5.41 Å². The molecule has 1 aromatic rings. The van der Waals surface area contributed by atoms with Gasteiger partial charge in [0.15, 0.2) is 5.78 Å². The van der Waals surface area contributed by atoms with E-state index in [4.69, 9.17) is 11.6 Å². The Kier molecular flexibility index (Phi) is 4.49. The largest absolute Gasteiger partial charge is 0.392 e. The van der Waals surface area contributed by atoms with Crippen molar-refractivity contribution < 1.29 is 9.90 Å². The van der Waals surface area contributed by atoms with Crippen LogP contribution in [0.2, 0.25) is 5.02 Å². The summed E-state index contributed by atoms with van der Waals surface area (Å²) in [6.07, 6.45) is 1.50. The van der Waals surface area contributed by atoms with Crippen LogP contribution in [0.5, 0.6) is 0 Å². The molecule has 0 aromatic heterocycles. The molecule has 0 aliphatic heterocycles. The highest BCUT2D eigenvalue weighted by molar-refractivity contribution is 6.30. The highest BCUT2D eigenvalue weighted by Gasteiger charge is 2.19. The van der Waals surface area contributed by atoms with E-state index in [0.717, 1.165) is 5.56 Å². The van der Waals surface area contributed by atoms with Gasteiger partial charge in [-0.3, -0.25) is 4.79 Å². The molecule has 0 spiro atoms. The fourth-order valence-corrected chi connectivity index (χ4v) is 1.38. The van der Waals surface area contributed by atoms with Crippen molar-refractivity contribution in [3.63, 3.8) is 0 Å². The molecule has 2 nitrogen and oxygen atoms in total. The second-order valence-electron chi connectivity index (χ2n) is 4.95. The van der Waals surface area contributed by atoms with Gasteiger partial charge < -0.3 is 5.11 Å². The summed E-state index contributed by atoms with van der Waals surface area (Å²) in [6.45, 7) is 5.39. The lowest BCUT2D eigenvalue weighted by molar-refractivity contribution is -0.121. The first-order valence-corrected chi connectivity index (χ1v) is 5.84. The predicted octanol–water partition coefficient (Wildman–Crippen LogP) is 3.33. The molecule has 0 aliphatic rings. The Balaban J connectivity index is 3.04. The van der Waals surface area contributed by atoms with Crippen LogP contribution in [0, 0.1) is 5.41 Å². The first kappa shape index (κ1) is 13.9. The summed E-state index contributed by atoms with van der Waals surface area (Å²) in [4.78, 5) is 11.9. The topological polar surface area (TPSA) is 37.3 Å². The van der Waals surface area contributed by atoms with Crippen LogP contribution in [0.3, 0.4) is 0 Å². The van der Waals surface area contributed by atoms with E-state index in [9.17, 15) is 9.90 Å². The van der Waals surface area contributed by atoms with Gasteiger partial charge in [-0.1, -0.05) is 44.5 Å². The average molecular weight is 253 g/mol. The van der Waals surface area contributed by atoms with Crippen LogP contribution in [0.25, 0.3) is 5.57 Å². The first-order valence-electron chi connectivity index (χ1n) is 5.46. The normalized spacial score (nSPS) is 12.6. The van der Waals surface area contributed by atoms with Gasteiger partial charge in [0.05, 0.1) is 6.61 Å². The number of rotatable bonds is 3. The van der Waals surface area contributed by atoms with Gasteiger partial charge in [-0.15, -0.1) is 0 Å². The minimum Gasteiger partial charge on any atom is -0.392 e. The van der Waals surface area contributed by atoms with Gasteiger partial charge in [0.2, 0.25) is 0 Å². The summed E-state index contributed by atoms with van der Waals surface area (Å²) in [5.41, 5.74) is 0.989. The number of ketones is 1. The zero-order valence-corrected chi connectivity index (χ0v) is 11.1. The molecule has 3 heteroatoms. The van der Waals surface area contributed by atoms with Crippen LogP contribution in [0.1, 0.15) is 26.3 Å². The van der Waals surface area contributed by atoms with Gasteiger partial charge in [0.1, 0.15) is 0 Å². The summed E-state index contributed by atoms with van der Waals surface area (Å²) in [5.74, 6) is -0.00324. The molecule has 0 radical (unpaired) electrons. The molecule has 0 saturated heterocycles. The highest BCUT2D eigenvalue weighted by Crippen LogP contribution is 2.21. The van der Waals surface area contributed by atoms with Gasteiger partial charge >= 0.3 is 0 Å². The summed E-state index contributed by atoms with van der Waals surface area (Å²) in [5, 5.41) is 9.94. The second-order valence-corrected chi connectivity index (χ2v) is 5.39. The zero-order valence-electron chi connectivity index (χ0n) is 10.3. The quantitative estimate of drug-likeness (QED) is 0.838. The van der Waals surface area contributed by atoms with Gasteiger partial charge in [0, 0.05) is 10.4 Å². The molecule has 0 heterocycles. The fourth-order valence-electron chi connectivity index (χ4n) is 1.26. The monoisotopic (exact) mass is 252 g/mol. The molecule has 92 valence electrons. The summed E-state index contributed by atoms with van der Waals surface area (Å²) < 4.78 is 0. The lowest BCUT2D eigenvalue weighted by atomic mass is 9.89. The Morgan fingerprint density at radius 3 is 2.24 bits per heavy atom. The molecule has 17 heavy (non-hydrogen) atoms. The summed E-state index contributed by atoms with van der Waals surface area (Å²) >= 11 is 5.79. The lowest BCUT2D eigenvalue weighted by Crippen LogP contribution is -2.18. The molecule has 0 fully saturated rings. The predicted molar refractivity (Wildman–Crippen MR) is 71.0 cm³/mol. The Labute approximate surface area is 107 Å². The molecule has 0 aliphatic carbocycles. The number of aliphatic hydroxyl groups is 1. The van der Waals surface area contributed by atoms with E-state index in [-0.39, 0.29) is 12.4 Å². The van der Waals surface area contributed by atoms with Crippen molar-refractivity contribution in [1.82, 2.24) is 0 Å². The van der Waals surface area contributed by atoms with Crippen molar-refractivity contribution in [3.05, 3.63) is 40.9 Å². The van der Waals surface area contributed by atoms with Crippen LogP contribution in [-0.4, -0.2) is 17.5 Å². The Morgan fingerprint density at radius 1 is 1.29 bits per heavy atom. The van der Waals surface area contributed by atoms with Crippen LogP contribution >= 0.6 is 11.6 Å². The van der Waals surface area contributed by atoms with E-state index in [1.54, 1.807) is 24.3 Å². The van der Waals surface area contributed by atoms with E-state index in [1.807, 2.05) is 20.8 Å². The van der Waals surface area contributed by atoms with E-state index >= 15 is 0 Å². The van der Waals surface area contributed by atoms with E-state index in [0.29, 0.717) is 10.6 Å². The third-order valence-corrected chi connectivity index (χ3v) is 2.68. The van der Waals surface area contributed by atoms with E-state index in [1.165, 1.54) is 6.08 Å². The number of halogens is 1. The molecule has 0 unspecified atom stereocenters. The smallest absolute Gasteiger partial charge is 0.161 e. The molecular weight excluding hydrogens is 236 g/mol. The molecule has 1 rings (SSSR count). The van der Waals surface area contributed by atoms with Crippen molar-refractivity contribution in [3.8, 4) is 0 Å². The van der Waals surface area contributed by atoms with Crippen LogP contribution < -0.4 is 0 Å². The number of hydrogen-bond donors (Lipinski definition) is 1. The second kappa shape index (κ2) is 5.48. The van der Waals surface area contributed by atoms with Crippen molar-refractivity contribution in [1.29, 1.82) is 0 Å². The Bertz CT molecular complexity index is 425. The average Bonchev–Trinajstić information content (AvgIpc) is 2.25. The number of allylic oxidation sites excluding steroid dienone is 1. The maximum absolute atomic E-state index is 11.9. The van der Waals surface area contributed by atoms with Crippen molar-refractivity contribution >= 4 is 23.0 Å². The van der Waals surface area contributed by atoms with Crippen LogP contribution in [0.4, 0.5) is 0 Å². The highest BCUT2D eigenvalue weighted by atomic mass is 35.5. The van der Waals surface area contributed by atoms with Gasteiger partial charge in [0.25, 0.3) is 0 Å². The third kappa shape index (κ3) is 3.99. The zero-order chi connectivity index (χ0) is 13.1. The van der Waals surface area contributed by atoms with Crippen LogP contribution in [0.15, 0.2) is 30.3 Å². The van der Waals surface area contributed by atoms with Gasteiger partial charge in [-0.25, -0.2) is 0 Å². The Hall–Kier alpha value is -1.12. The summed E-state index contributed by atoms with van der Waals surface area (Å²) in [7, 11) is 0. The fraction of sp³-hybridized carbons (Fsp3) is 0.357. The lowest BCUT2D eigenvalue weighted by Gasteiger charge is -2.14. The maximum Gasteiger partial charge on any atom is 0.161 e. The molecule has 0 atom stereocenters. The minimum absolute atomic E-state index is 0.00324. The third-order valence-electron chi connectivity index (χ3n) is 2.43. The molecule has 1 N–H and O–H groups in total. The molecule has 1 aromatic carbocycles. The number of hydrogen-bond acceptors (Lipinski definition) is 2. The van der Waals surface area contributed by atoms with Crippen molar-refractivity contribution in [2.45, 2.75) is 20.8 Å². The van der Waals surface area contributed by atoms with E-state index < -0.39 is 5.41 Å². The number of aliphatic hydroxyl groups excluding tert-OH is 1. The molecular formula is C14H17ClO2. The number of carbonyl (C=O) groups excluding carboxylic acids is 1. The van der Waals surface area contributed by atoms with Crippen LogP contribution in [-0.2, 0) is 4.79 Å². The van der Waals surface area contributed by atoms with Crippen molar-refractivity contribution in [2.75, 3.05) is 6.61 Å². The van der Waals surface area contributed by atoms with E-state index in [2.05, 4.69) is 0 Å². The maximum atomic E-state index is 11.9. The molecule has 0 amide bonds. The minimum atomic E-state index is -0.438. The summed E-state index contributed by atoms with van der Waals surface area (Å²) in [6, 6.07) is 7.06. The first-order chi connectivity index (χ1) is 7.84. The molecule has 0 bridgehead atoms. The standard InChI is InChI=1S/C14H17ClO2/c1-14(2,3)13(17)8-11(9-16)10-4-6-12(15)7-5-10/h4-8,16H,9H2,1-3H3. The number of benzene rings is 1. The SMILES string of the molecule is CC(C)(C)C(=O)C=C(CO)c1ccc(Cl)cc1. The number of carbonyl (C=O) groups is 1.